The first-order valence-electron chi connectivity index (χ1n) is 6.16. The standard InChI is InChI=1S/C13H16FN3O2.ClH/c14-10-4-3-9(13(15)19)5-11(10)17-12(18)7-16-6-8-1-2-8;/h3-5,8,16H,1-2,6-7H2,(H2,15,19)(H,17,18);1H. The fourth-order valence-corrected chi connectivity index (χ4v) is 1.68. The molecule has 1 aromatic carbocycles. The van der Waals surface area contributed by atoms with E-state index in [2.05, 4.69) is 10.6 Å². The Morgan fingerprint density at radius 3 is 2.65 bits per heavy atom. The molecule has 0 heterocycles. The van der Waals surface area contributed by atoms with Crippen molar-refractivity contribution in [3.63, 3.8) is 0 Å². The van der Waals surface area contributed by atoms with Gasteiger partial charge >= 0.3 is 0 Å². The second-order valence-electron chi connectivity index (χ2n) is 4.68. The summed E-state index contributed by atoms with van der Waals surface area (Å²) in [7, 11) is 0. The number of anilines is 1. The van der Waals surface area contributed by atoms with Crippen molar-refractivity contribution in [1.82, 2.24) is 5.32 Å². The van der Waals surface area contributed by atoms with E-state index in [4.69, 9.17) is 5.73 Å². The maximum atomic E-state index is 13.5. The van der Waals surface area contributed by atoms with Crippen molar-refractivity contribution in [2.45, 2.75) is 12.8 Å². The fraction of sp³-hybridized carbons (Fsp3) is 0.385. The maximum Gasteiger partial charge on any atom is 0.248 e. The van der Waals surface area contributed by atoms with Crippen molar-refractivity contribution in [3.05, 3.63) is 29.6 Å². The molecule has 1 aromatic rings. The number of nitrogens with one attached hydrogen (secondary N) is 2. The fourth-order valence-electron chi connectivity index (χ4n) is 1.68. The first kappa shape index (κ1) is 16.4. The average Bonchev–Trinajstić information content (AvgIpc) is 3.15. The third kappa shape index (κ3) is 4.79. The molecule has 20 heavy (non-hydrogen) atoms. The van der Waals surface area contributed by atoms with E-state index in [1.165, 1.54) is 25.0 Å². The summed E-state index contributed by atoms with van der Waals surface area (Å²) >= 11 is 0. The van der Waals surface area contributed by atoms with Crippen molar-refractivity contribution in [3.8, 4) is 0 Å². The third-order valence-electron chi connectivity index (χ3n) is 2.94. The lowest BCUT2D eigenvalue weighted by atomic mass is 10.2. The number of primary amides is 1. The van der Waals surface area contributed by atoms with Crippen LogP contribution in [0.3, 0.4) is 0 Å². The van der Waals surface area contributed by atoms with Crippen molar-refractivity contribution in [2.75, 3.05) is 18.4 Å². The molecule has 1 aliphatic rings. The highest BCUT2D eigenvalue weighted by molar-refractivity contribution is 5.96. The van der Waals surface area contributed by atoms with Crippen LogP contribution in [0.5, 0.6) is 0 Å². The monoisotopic (exact) mass is 301 g/mol. The Morgan fingerprint density at radius 2 is 2.05 bits per heavy atom. The number of hydrogen-bond acceptors (Lipinski definition) is 3. The van der Waals surface area contributed by atoms with E-state index in [1.807, 2.05) is 0 Å². The molecular formula is C13H17ClFN3O2. The van der Waals surface area contributed by atoms with Crippen LogP contribution in [0.2, 0.25) is 0 Å². The molecule has 4 N–H and O–H groups in total. The van der Waals surface area contributed by atoms with Gasteiger partial charge in [-0.15, -0.1) is 12.4 Å². The van der Waals surface area contributed by atoms with Gasteiger partial charge in [-0.1, -0.05) is 0 Å². The average molecular weight is 302 g/mol. The molecule has 0 aromatic heterocycles. The predicted molar refractivity (Wildman–Crippen MR) is 76.4 cm³/mol. The Balaban J connectivity index is 0.00000200. The first-order valence-corrected chi connectivity index (χ1v) is 6.16. The number of nitrogens with two attached hydrogens (primary N) is 1. The summed E-state index contributed by atoms with van der Waals surface area (Å²) < 4.78 is 13.5. The predicted octanol–water partition coefficient (Wildman–Crippen LogP) is 1.28. The van der Waals surface area contributed by atoms with Gasteiger partial charge in [0.25, 0.3) is 0 Å². The van der Waals surface area contributed by atoms with Crippen molar-refractivity contribution >= 4 is 29.9 Å². The van der Waals surface area contributed by atoms with Crippen LogP contribution in [-0.4, -0.2) is 24.9 Å². The molecule has 0 saturated heterocycles. The molecule has 5 nitrogen and oxygen atoms in total. The summed E-state index contributed by atoms with van der Waals surface area (Å²) in [6.45, 7) is 0.925. The van der Waals surface area contributed by atoms with Crippen molar-refractivity contribution < 1.29 is 14.0 Å². The molecule has 1 aliphatic carbocycles. The molecule has 2 rings (SSSR count). The Kier molecular flexibility index (Phi) is 5.91. The SMILES string of the molecule is Cl.NC(=O)c1ccc(F)c(NC(=O)CNCC2CC2)c1. The molecule has 0 radical (unpaired) electrons. The summed E-state index contributed by atoms with van der Waals surface area (Å²) in [5, 5.41) is 5.41. The minimum absolute atomic E-state index is 0. The lowest BCUT2D eigenvalue weighted by Crippen LogP contribution is -2.29. The summed E-state index contributed by atoms with van der Waals surface area (Å²) in [5.74, 6) is -0.938. The number of carbonyl (C=O) groups excluding carboxylic acids is 2. The number of carbonyl (C=O) groups is 2. The van der Waals surface area contributed by atoms with E-state index in [9.17, 15) is 14.0 Å². The van der Waals surface area contributed by atoms with Gasteiger partial charge in [0.2, 0.25) is 11.8 Å². The first-order chi connectivity index (χ1) is 9.06. The van der Waals surface area contributed by atoms with Gasteiger partial charge in [-0.3, -0.25) is 9.59 Å². The lowest BCUT2D eigenvalue weighted by Gasteiger charge is -2.08. The minimum atomic E-state index is -0.664. The number of amides is 2. The number of halogens is 2. The van der Waals surface area contributed by atoms with Gasteiger partial charge in [-0.25, -0.2) is 4.39 Å². The molecular weight excluding hydrogens is 285 g/mol. The van der Waals surface area contributed by atoms with E-state index in [0.29, 0.717) is 5.92 Å². The van der Waals surface area contributed by atoms with Gasteiger partial charge in [0.1, 0.15) is 5.82 Å². The Labute approximate surface area is 122 Å². The third-order valence-corrected chi connectivity index (χ3v) is 2.94. The molecule has 7 heteroatoms. The highest BCUT2D eigenvalue weighted by atomic mass is 35.5. The van der Waals surface area contributed by atoms with Crippen molar-refractivity contribution in [1.29, 1.82) is 0 Å². The summed E-state index contributed by atoms with van der Waals surface area (Å²) in [4.78, 5) is 22.6. The van der Waals surface area contributed by atoms with E-state index in [1.54, 1.807) is 0 Å². The molecule has 0 atom stereocenters. The van der Waals surface area contributed by atoms with Gasteiger partial charge in [0, 0.05) is 5.56 Å². The number of hydrogen-bond donors (Lipinski definition) is 3. The molecule has 1 saturated carbocycles. The molecule has 0 unspecified atom stereocenters. The Hall–Kier alpha value is -1.66. The highest BCUT2D eigenvalue weighted by Crippen LogP contribution is 2.27. The topological polar surface area (TPSA) is 84.2 Å². The number of benzene rings is 1. The van der Waals surface area contributed by atoms with Crippen molar-refractivity contribution in [2.24, 2.45) is 11.7 Å². The van der Waals surface area contributed by atoms with E-state index in [-0.39, 0.29) is 36.1 Å². The van der Waals surface area contributed by atoms with Gasteiger partial charge in [-0.05, 0) is 43.5 Å². The van der Waals surface area contributed by atoms with E-state index in [0.717, 1.165) is 12.6 Å². The zero-order valence-electron chi connectivity index (χ0n) is 10.8. The van der Waals surface area contributed by atoms with Crippen LogP contribution in [0.25, 0.3) is 0 Å². The number of rotatable bonds is 6. The maximum absolute atomic E-state index is 13.5. The Bertz CT molecular complexity index is 506. The summed E-state index contributed by atoms with van der Waals surface area (Å²) in [6.07, 6.45) is 2.40. The molecule has 0 spiro atoms. The normalized spacial score (nSPS) is 13.4. The van der Waals surface area contributed by atoms with Crippen LogP contribution < -0.4 is 16.4 Å². The zero-order valence-corrected chi connectivity index (χ0v) is 11.6. The van der Waals surface area contributed by atoms with Gasteiger partial charge in [0.05, 0.1) is 12.2 Å². The molecule has 0 bridgehead atoms. The molecule has 0 aliphatic heterocycles. The largest absolute Gasteiger partial charge is 0.366 e. The second-order valence-corrected chi connectivity index (χ2v) is 4.68. The lowest BCUT2D eigenvalue weighted by molar-refractivity contribution is -0.115. The van der Waals surface area contributed by atoms with E-state index < -0.39 is 11.7 Å². The molecule has 110 valence electrons. The minimum Gasteiger partial charge on any atom is -0.366 e. The van der Waals surface area contributed by atoms with Gasteiger partial charge in [0.15, 0.2) is 0 Å². The molecule has 2 amide bonds. The van der Waals surface area contributed by atoms with Crippen LogP contribution in [0, 0.1) is 11.7 Å². The van der Waals surface area contributed by atoms with Crippen LogP contribution in [0.4, 0.5) is 10.1 Å². The quantitative estimate of drug-likeness (QED) is 0.740. The van der Waals surface area contributed by atoms with Gasteiger partial charge < -0.3 is 16.4 Å². The summed E-state index contributed by atoms with van der Waals surface area (Å²) in [6, 6.07) is 3.61. The van der Waals surface area contributed by atoms with Crippen LogP contribution in [0.1, 0.15) is 23.2 Å². The smallest absolute Gasteiger partial charge is 0.248 e. The molecule has 1 fully saturated rings. The van der Waals surface area contributed by atoms with Crippen LogP contribution in [0.15, 0.2) is 18.2 Å². The zero-order chi connectivity index (χ0) is 13.8. The Morgan fingerprint density at radius 1 is 1.35 bits per heavy atom. The van der Waals surface area contributed by atoms with Crippen LogP contribution >= 0.6 is 12.4 Å². The van der Waals surface area contributed by atoms with E-state index >= 15 is 0 Å². The van der Waals surface area contributed by atoms with Crippen LogP contribution in [-0.2, 0) is 4.79 Å². The summed E-state index contributed by atoms with van der Waals surface area (Å²) in [5.41, 5.74) is 5.22. The second kappa shape index (κ2) is 7.21. The highest BCUT2D eigenvalue weighted by Gasteiger charge is 2.20. The van der Waals surface area contributed by atoms with Gasteiger partial charge in [-0.2, -0.15) is 0 Å².